The van der Waals surface area contributed by atoms with Crippen LogP contribution in [0.4, 0.5) is 37.1 Å². The summed E-state index contributed by atoms with van der Waals surface area (Å²) in [6.07, 6.45) is -9.77. The topological polar surface area (TPSA) is 58.6 Å². The summed E-state index contributed by atoms with van der Waals surface area (Å²) in [6, 6.07) is 7.23. The van der Waals surface area contributed by atoms with Gasteiger partial charge < -0.3 is 9.64 Å². The molecule has 2 aliphatic heterocycles. The van der Waals surface area contributed by atoms with Gasteiger partial charge in [-0.25, -0.2) is 14.8 Å². The summed E-state index contributed by atoms with van der Waals surface area (Å²) in [6.45, 7) is 2.87. The largest absolute Gasteiger partial charge is 0.439 e. The summed E-state index contributed by atoms with van der Waals surface area (Å²) < 4.78 is 85.9. The van der Waals surface area contributed by atoms with Crippen molar-refractivity contribution in [3.8, 4) is 11.1 Å². The van der Waals surface area contributed by atoms with Crippen molar-refractivity contribution in [1.29, 1.82) is 0 Å². The molecule has 0 N–H and O–H groups in total. The number of ether oxygens (including phenoxy) is 1. The molecule has 2 atom stereocenters. The van der Waals surface area contributed by atoms with Crippen LogP contribution in [0.25, 0.3) is 11.1 Å². The Kier molecular flexibility index (Phi) is 6.86. The Morgan fingerprint density at radius 2 is 1.64 bits per heavy atom. The van der Waals surface area contributed by atoms with E-state index in [-0.39, 0.29) is 12.6 Å². The number of carbonyl (C=O) groups is 1. The zero-order chi connectivity index (χ0) is 28.1. The molecule has 3 heterocycles. The van der Waals surface area contributed by atoms with E-state index in [9.17, 15) is 31.1 Å². The Labute approximate surface area is 224 Å². The van der Waals surface area contributed by atoms with E-state index >= 15 is 0 Å². The summed E-state index contributed by atoms with van der Waals surface area (Å²) in [5, 5.41) is 0.414. The number of halogens is 7. The Bertz CT molecular complexity index is 1380. The van der Waals surface area contributed by atoms with Gasteiger partial charge in [-0.2, -0.15) is 26.3 Å². The number of rotatable bonds is 5. The van der Waals surface area contributed by atoms with E-state index in [1.807, 2.05) is 4.90 Å². The number of carbonyl (C=O) groups excluding carboxylic acids is 1. The molecule has 5 rings (SSSR count). The molecular weight excluding hydrogens is 550 g/mol. The first-order valence-electron chi connectivity index (χ1n) is 12.0. The first-order chi connectivity index (χ1) is 18.3. The number of anilines is 1. The Hall–Kier alpha value is -3.54. The van der Waals surface area contributed by atoms with Crippen molar-refractivity contribution in [2.75, 3.05) is 18.0 Å². The number of aromatic nitrogens is 2. The minimum atomic E-state index is -5.03. The molecule has 3 aromatic rings. The van der Waals surface area contributed by atoms with E-state index in [2.05, 4.69) is 9.97 Å². The van der Waals surface area contributed by atoms with Gasteiger partial charge in [-0.3, -0.25) is 4.90 Å². The van der Waals surface area contributed by atoms with Crippen molar-refractivity contribution in [3.05, 3.63) is 76.1 Å². The van der Waals surface area contributed by atoms with Crippen molar-refractivity contribution in [1.82, 2.24) is 14.9 Å². The van der Waals surface area contributed by atoms with Crippen molar-refractivity contribution in [2.45, 2.75) is 44.4 Å². The smallest absolute Gasteiger partial charge is 0.416 e. The Balaban J connectivity index is 1.51. The maximum Gasteiger partial charge on any atom is 0.416 e. The lowest BCUT2D eigenvalue weighted by Crippen LogP contribution is -2.39. The van der Waals surface area contributed by atoms with Crippen LogP contribution in [0.15, 0.2) is 48.7 Å². The lowest BCUT2D eigenvalue weighted by atomic mass is 9.97. The minimum Gasteiger partial charge on any atom is -0.439 e. The third kappa shape index (κ3) is 5.34. The van der Waals surface area contributed by atoms with E-state index in [4.69, 9.17) is 16.3 Å². The summed E-state index contributed by atoms with van der Waals surface area (Å²) in [5.74, 6) is 0.441. The molecular formula is C26H21ClF6N4O2. The molecule has 0 radical (unpaired) electrons. The Morgan fingerprint density at radius 1 is 1.00 bits per heavy atom. The molecule has 206 valence electrons. The molecule has 1 aromatic heterocycles. The van der Waals surface area contributed by atoms with Crippen molar-refractivity contribution < 1.29 is 35.9 Å². The van der Waals surface area contributed by atoms with Crippen LogP contribution in [0, 0.1) is 0 Å². The van der Waals surface area contributed by atoms with E-state index < -0.39 is 47.3 Å². The van der Waals surface area contributed by atoms with Gasteiger partial charge in [-0.1, -0.05) is 29.8 Å². The highest BCUT2D eigenvalue weighted by Gasteiger charge is 2.43. The van der Waals surface area contributed by atoms with E-state index in [0.717, 1.165) is 19.5 Å². The molecule has 2 aliphatic rings. The molecule has 1 amide bonds. The van der Waals surface area contributed by atoms with Gasteiger partial charge in [-0.15, -0.1) is 0 Å². The van der Waals surface area contributed by atoms with E-state index in [0.29, 0.717) is 39.9 Å². The number of benzene rings is 2. The van der Waals surface area contributed by atoms with Gasteiger partial charge in [-0.05, 0) is 43.2 Å². The third-order valence-electron chi connectivity index (χ3n) is 6.81. The van der Waals surface area contributed by atoms with Gasteiger partial charge in [0.05, 0.1) is 29.4 Å². The second-order valence-electron chi connectivity index (χ2n) is 9.36. The number of hydrogen-bond donors (Lipinski definition) is 0. The monoisotopic (exact) mass is 570 g/mol. The highest BCUT2D eigenvalue weighted by molar-refractivity contribution is 6.33. The van der Waals surface area contributed by atoms with Gasteiger partial charge in [0.15, 0.2) is 0 Å². The van der Waals surface area contributed by atoms with Crippen LogP contribution < -0.4 is 4.90 Å². The average Bonchev–Trinajstić information content (AvgIpc) is 3.11. The lowest BCUT2D eigenvalue weighted by Gasteiger charge is -2.31. The molecule has 0 saturated carbocycles. The normalized spacial score (nSPS) is 19.7. The van der Waals surface area contributed by atoms with Crippen LogP contribution in [-0.4, -0.2) is 40.1 Å². The van der Waals surface area contributed by atoms with Crippen LogP contribution in [0.3, 0.4) is 0 Å². The third-order valence-corrected chi connectivity index (χ3v) is 7.14. The van der Waals surface area contributed by atoms with E-state index in [1.54, 1.807) is 30.5 Å². The molecule has 0 unspecified atom stereocenters. The maximum atomic E-state index is 13.4. The van der Waals surface area contributed by atoms with Gasteiger partial charge >= 0.3 is 18.4 Å². The van der Waals surface area contributed by atoms with Crippen molar-refractivity contribution in [2.24, 2.45) is 0 Å². The standard InChI is InChI=1S/C26H21ClF6N4O2/c1-14-22(15-9-16(25(28,29)30)11-17(10-15)26(31,32)33)39-24(38)37(14)13-21-19(18-5-2-3-6-20(18)27)12-34-23(35-21)36-7-4-8-36/h2-3,5-6,9-12,14,22H,4,7-8,13H2,1H3/t14-,22-/m0/s1. The first kappa shape index (κ1) is 27.0. The predicted molar refractivity (Wildman–Crippen MR) is 130 cm³/mol. The zero-order valence-corrected chi connectivity index (χ0v) is 21.1. The summed E-state index contributed by atoms with van der Waals surface area (Å²) in [4.78, 5) is 25.2. The fourth-order valence-electron chi connectivity index (χ4n) is 4.56. The second kappa shape index (κ2) is 9.89. The molecule has 2 aromatic carbocycles. The van der Waals surface area contributed by atoms with Gasteiger partial charge in [0.2, 0.25) is 5.95 Å². The van der Waals surface area contributed by atoms with Gasteiger partial charge in [0.25, 0.3) is 0 Å². The van der Waals surface area contributed by atoms with Crippen LogP contribution >= 0.6 is 11.6 Å². The number of alkyl halides is 6. The fourth-order valence-corrected chi connectivity index (χ4v) is 4.80. The summed E-state index contributed by atoms with van der Waals surface area (Å²) in [5.41, 5.74) is -1.82. The molecule has 2 fully saturated rings. The zero-order valence-electron chi connectivity index (χ0n) is 20.4. The van der Waals surface area contributed by atoms with Crippen molar-refractivity contribution >= 4 is 23.6 Å². The SMILES string of the molecule is C[C@H]1[C@@H](c2cc(C(F)(F)F)cc(C(F)(F)F)c2)OC(=O)N1Cc1nc(N2CCC2)ncc1-c1ccccc1Cl. The number of cyclic esters (lactones) is 1. The molecule has 0 spiro atoms. The molecule has 0 aliphatic carbocycles. The van der Waals surface area contributed by atoms with Crippen molar-refractivity contribution in [3.63, 3.8) is 0 Å². The predicted octanol–water partition coefficient (Wildman–Crippen LogP) is 7.13. The van der Waals surface area contributed by atoms with Gasteiger partial charge in [0.1, 0.15) is 6.10 Å². The minimum absolute atomic E-state index is 0.0385. The Morgan fingerprint density at radius 3 is 2.21 bits per heavy atom. The molecule has 39 heavy (non-hydrogen) atoms. The van der Waals surface area contributed by atoms with Crippen LogP contribution in [-0.2, 0) is 23.6 Å². The fraction of sp³-hybridized carbons (Fsp3) is 0.346. The first-order valence-corrected chi connectivity index (χ1v) is 12.3. The molecule has 6 nitrogen and oxygen atoms in total. The van der Waals surface area contributed by atoms with Crippen LogP contribution in [0.1, 0.15) is 41.8 Å². The van der Waals surface area contributed by atoms with Crippen LogP contribution in [0.2, 0.25) is 5.02 Å². The molecule has 0 bridgehead atoms. The summed E-state index contributed by atoms with van der Waals surface area (Å²) >= 11 is 6.40. The number of amides is 1. The second-order valence-corrected chi connectivity index (χ2v) is 9.77. The van der Waals surface area contributed by atoms with E-state index in [1.165, 1.54) is 11.8 Å². The maximum absolute atomic E-state index is 13.4. The quantitative estimate of drug-likeness (QED) is 0.306. The number of hydrogen-bond acceptors (Lipinski definition) is 5. The number of nitrogens with zero attached hydrogens (tertiary/aromatic N) is 4. The average molecular weight is 571 g/mol. The highest BCUT2D eigenvalue weighted by Crippen LogP contribution is 2.41. The summed E-state index contributed by atoms with van der Waals surface area (Å²) in [7, 11) is 0. The lowest BCUT2D eigenvalue weighted by molar-refractivity contribution is -0.143. The van der Waals surface area contributed by atoms with Crippen LogP contribution in [0.5, 0.6) is 0 Å². The van der Waals surface area contributed by atoms with Gasteiger partial charge in [0, 0.05) is 35.4 Å². The molecule has 13 heteroatoms. The highest BCUT2D eigenvalue weighted by atomic mass is 35.5. The molecule has 2 saturated heterocycles.